The summed E-state index contributed by atoms with van der Waals surface area (Å²) >= 11 is 0. The van der Waals surface area contributed by atoms with E-state index in [1.165, 1.54) is 6.07 Å². The van der Waals surface area contributed by atoms with E-state index in [9.17, 15) is 13.2 Å². The molecule has 0 saturated carbocycles. The Bertz CT molecular complexity index is 381. The van der Waals surface area contributed by atoms with Gasteiger partial charge in [0.15, 0.2) is 17.8 Å². The molecule has 4 heteroatoms. The van der Waals surface area contributed by atoms with Gasteiger partial charge in [-0.05, 0) is 37.5 Å². The van der Waals surface area contributed by atoms with Crippen LogP contribution in [0.25, 0.3) is 0 Å². The first kappa shape index (κ1) is 11.5. The van der Waals surface area contributed by atoms with Crippen LogP contribution in [0.4, 0.5) is 13.2 Å². The predicted molar refractivity (Wildman–Crippen MR) is 53.8 cm³/mol. The third-order valence-electron chi connectivity index (χ3n) is 2.85. The van der Waals surface area contributed by atoms with Gasteiger partial charge in [0, 0.05) is 0 Å². The first-order chi connectivity index (χ1) is 7.58. The summed E-state index contributed by atoms with van der Waals surface area (Å²) < 4.78 is 44.9. The van der Waals surface area contributed by atoms with Crippen molar-refractivity contribution in [3.63, 3.8) is 0 Å². The van der Waals surface area contributed by atoms with Gasteiger partial charge in [-0.15, -0.1) is 0 Å². The first-order valence-corrected chi connectivity index (χ1v) is 5.32. The molecule has 3 atom stereocenters. The van der Waals surface area contributed by atoms with Crippen molar-refractivity contribution >= 4 is 0 Å². The van der Waals surface area contributed by atoms with Crippen LogP contribution in [0, 0.1) is 11.6 Å². The summed E-state index contributed by atoms with van der Waals surface area (Å²) in [7, 11) is 0. The van der Waals surface area contributed by atoms with Crippen molar-refractivity contribution in [2.45, 2.75) is 38.1 Å². The van der Waals surface area contributed by atoms with Gasteiger partial charge < -0.3 is 4.74 Å². The number of benzene rings is 1. The van der Waals surface area contributed by atoms with Gasteiger partial charge in [-0.3, -0.25) is 0 Å². The van der Waals surface area contributed by atoms with Crippen molar-refractivity contribution < 1.29 is 17.9 Å². The summed E-state index contributed by atoms with van der Waals surface area (Å²) in [4.78, 5) is 0. The fourth-order valence-electron chi connectivity index (χ4n) is 1.95. The van der Waals surface area contributed by atoms with Crippen LogP contribution in [0.2, 0.25) is 0 Å². The average Bonchev–Trinajstić information content (AvgIpc) is 2.68. The topological polar surface area (TPSA) is 9.23 Å². The fraction of sp³-hybridized carbons (Fsp3) is 0.500. The molecule has 1 aliphatic rings. The molecule has 2 rings (SSSR count). The summed E-state index contributed by atoms with van der Waals surface area (Å²) in [6, 6.07) is 3.09. The van der Waals surface area contributed by atoms with Crippen molar-refractivity contribution in [3.05, 3.63) is 35.4 Å². The van der Waals surface area contributed by atoms with Gasteiger partial charge in [0.25, 0.3) is 0 Å². The Kier molecular flexibility index (Phi) is 3.19. The molecule has 0 aromatic heterocycles. The van der Waals surface area contributed by atoms with Crippen LogP contribution in [-0.2, 0) is 4.74 Å². The van der Waals surface area contributed by atoms with Crippen molar-refractivity contribution in [3.8, 4) is 0 Å². The summed E-state index contributed by atoms with van der Waals surface area (Å²) in [5.74, 6) is -1.98. The van der Waals surface area contributed by atoms with Crippen LogP contribution >= 0.6 is 0 Å². The van der Waals surface area contributed by atoms with Crippen LogP contribution in [0.15, 0.2) is 18.2 Å². The maximum Gasteiger partial charge on any atom is 0.159 e. The highest BCUT2D eigenvalue weighted by Crippen LogP contribution is 2.33. The highest BCUT2D eigenvalue weighted by molar-refractivity contribution is 5.21. The van der Waals surface area contributed by atoms with Crippen molar-refractivity contribution in [1.82, 2.24) is 0 Å². The maximum atomic E-state index is 13.9. The molecule has 0 aliphatic carbocycles. The standard InChI is InChI=1S/C12H13F3O/c1-7-2-5-11(16-7)12(15)8-3-4-9(13)10(14)6-8/h3-4,6-7,11-12H,2,5H2,1H3/t7-,11?,12+/m0/s1. The molecular formula is C12H13F3O. The molecule has 1 aromatic carbocycles. The third kappa shape index (κ3) is 2.21. The van der Waals surface area contributed by atoms with Crippen molar-refractivity contribution in [2.24, 2.45) is 0 Å². The summed E-state index contributed by atoms with van der Waals surface area (Å²) in [6.07, 6.45) is -0.482. The monoisotopic (exact) mass is 230 g/mol. The normalized spacial score (nSPS) is 27.0. The minimum atomic E-state index is -1.39. The van der Waals surface area contributed by atoms with Gasteiger partial charge in [0.1, 0.15) is 0 Å². The molecular weight excluding hydrogens is 217 g/mol. The molecule has 1 saturated heterocycles. The Balaban J connectivity index is 2.14. The van der Waals surface area contributed by atoms with Crippen LogP contribution < -0.4 is 0 Å². The highest BCUT2D eigenvalue weighted by atomic mass is 19.2. The quantitative estimate of drug-likeness (QED) is 0.755. The third-order valence-corrected chi connectivity index (χ3v) is 2.85. The minimum absolute atomic E-state index is 0.0357. The van der Waals surface area contributed by atoms with Crippen molar-refractivity contribution in [2.75, 3.05) is 0 Å². The largest absolute Gasteiger partial charge is 0.372 e. The Morgan fingerprint density at radius 1 is 1.25 bits per heavy atom. The second-order valence-electron chi connectivity index (χ2n) is 4.14. The molecule has 88 valence electrons. The van der Waals surface area contributed by atoms with Crippen LogP contribution in [0.3, 0.4) is 0 Å². The van der Waals surface area contributed by atoms with Gasteiger partial charge >= 0.3 is 0 Å². The van der Waals surface area contributed by atoms with Gasteiger partial charge in [-0.1, -0.05) is 6.07 Å². The lowest BCUT2D eigenvalue weighted by molar-refractivity contribution is 0.00481. The van der Waals surface area contributed by atoms with E-state index in [1.54, 1.807) is 0 Å². The lowest BCUT2D eigenvalue weighted by atomic mass is 10.0. The molecule has 1 aliphatic heterocycles. The van der Waals surface area contributed by atoms with E-state index >= 15 is 0 Å². The number of hydrogen-bond donors (Lipinski definition) is 0. The zero-order chi connectivity index (χ0) is 11.7. The molecule has 1 fully saturated rings. The molecule has 1 unspecified atom stereocenters. The minimum Gasteiger partial charge on any atom is -0.372 e. The predicted octanol–water partition coefficient (Wildman–Crippen LogP) is 3.54. The molecule has 16 heavy (non-hydrogen) atoms. The molecule has 0 bridgehead atoms. The molecule has 1 heterocycles. The fourth-order valence-corrected chi connectivity index (χ4v) is 1.95. The molecule has 1 aromatic rings. The SMILES string of the molecule is C[C@H]1CCC([C@H](F)c2ccc(F)c(F)c2)O1. The van der Waals surface area contributed by atoms with Gasteiger partial charge in [-0.2, -0.15) is 0 Å². The Morgan fingerprint density at radius 3 is 2.56 bits per heavy atom. The van der Waals surface area contributed by atoms with E-state index in [4.69, 9.17) is 4.74 Å². The van der Waals surface area contributed by atoms with Crippen LogP contribution in [0.5, 0.6) is 0 Å². The second-order valence-corrected chi connectivity index (χ2v) is 4.14. The van der Waals surface area contributed by atoms with E-state index in [0.29, 0.717) is 6.42 Å². The zero-order valence-electron chi connectivity index (χ0n) is 8.92. The Labute approximate surface area is 92.2 Å². The Hall–Kier alpha value is -1.03. The van der Waals surface area contributed by atoms with E-state index in [2.05, 4.69) is 0 Å². The number of alkyl halides is 1. The number of rotatable bonds is 2. The smallest absolute Gasteiger partial charge is 0.159 e. The van der Waals surface area contributed by atoms with E-state index < -0.39 is 23.9 Å². The van der Waals surface area contributed by atoms with Crippen molar-refractivity contribution in [1.29, 1.82) is 0 Å². The molecule has 1 nitrogen and oxygen atoms in total. The zero-order valence-corrected chi connectivity index (χ0v) is 8.92. The molecule has 0 radical (unpaired) electrons. The average molecular weight is 230 g/mol. The summed E-state index contributed by atoms with van der Waals surface area (Å²) in [5, 5.41) is 0. The van der Waals surface area contributed by atoms with E-state index in [1.807, 2.05) is 6.92 Å². The maximum absolute atomic E-state index is 13.9. The first-order valence-electron chi connectivity index (χ1n) is 5.32. The lowest BCUT2D eigenvalue weighted by Crippen LogP contribution is -2.15. The summed E-state index contributed by atoms with van der Waals surface area (Å²) in [6.45, 7) is 1.87. The van der Waals surface area contributed by atoms with Gasteiger partial charge in [0.05, 0.1) is 12.2 Å². The number of halogens is 3. The van der Waals surface area contributed by atoms with Crippen LogP contribution in [-0.4, -0.2) is 12.2 Å². The molecule has 0 N–H and O–H groups in total. The van der Waals surface area contributed by atoms with E-state index in [0.717, 1.165) is 18.6 Å². The number of ether oxygens (including phenoxy) is 1. The summed E-state index contributed by atoms with van der Waals surface area (Å²) in [5.41, 5.74) is 0.137. The molecule has 0 spiro atoms. The van der Waals surface area contributed by atoms with E-state index in [-0.39, 0.29) is 11.7 Å². The number of hydrogen-bond acceptors (Lipinski definition) is 1. The second kappa shape index (κ2) is 4.45. The van der Waals surface area contributed by atoms with Crippen LogP contribution in [0.1, 0.15) is 31.5 Å². The highest BCUT2D eigenvalue weighted by Gasteiger charge is 2.31. The molecule has 0 amide bonds. The van der Waals surface area contributed by atoms with Gasteiger partial charge in [-0.25, -0.2) is 13.2 Å². The Morgan fingerprint density at radius 2 is 2.00 bits per heavy atom. The lowest BCUT2D eigenvalue weighted by Gasteiger charge is -2.16. The van der Waals surface area contributed by atoms with Gasteiger partial charge in [0.2, 0.25) is 0 Å².